The standard InChI is InChI=1S/C17H18N4O3/c1-23-13-7-5-6-12(16(13)24-2)17(22)18-10-9-15-20-19-14-8-3-4-11-21(14)15/h3-8,11H,9-10H2,1-2H3,(H,18,22). The van der Waals surface area contributed by atoms with Gasteiger partial charge in [0.15, 0.2) is 17.1 Å². The molecular formula is C17H18N4O3. The van der Waals surface area contributed by atoms with Gasteiger partial charge in [-0.2, -0.15) is 0 Å². The lowest BCUT2D eigenvalue weighted by atomic mass is 10.1. The number of hydrogen-bond acceptors (Lipinski definition) is 5. The zero-order valence-corrected chi connectivity index (χ0v) is 13.5. The van der Waals surface area contributed by atoms with E-state index >= 15 is 0 Å². The van der Waals surface area contributed by atoms with E-state index in [2.05, 4.69) is 15.5 Å². The maximum absolute atomic E-state index is 12.4. The predicted octanol–water partition coefficient (Wildman–Crippen LogP) is 1.72. The van der Waals surface area contributed by atoms with Crippen molar-refractivity contribution < 1.29 is 14.3 Å². The number of hydrogen-bond donors (Lipinski definition) is 1. The van der Waals surface area contributed by atoms with Gasteiger partial charge in [0.1, 0.15) is 5.82 Å². The molecule has 3 rings (SSSR count). The fraction of sp³-hybridized carbons (Fsp3) is 0.235. The van der Waals surface area contributed by atoms with Crippen molar-refractivity contribution in [3.8, 4) is 11.5 Å². The molecule has 7 nitrogen and oxygen atoms in total. The summed E-state index contributed by atoms with van der Waals surface area (Å²) >= 11 is 0. The molecule has 0 unspecified atom stereocenters. The number of nitrogens with zero attached hydrogens (tertiary/aromatic N) is 3. The van der Waals surface area contributed by atoms with E-state index in [1.165, 1.54) is 14.2 Å². The molecule has 0 saturated heterocycles. The second-order valence-corrected chi connectivity index (χ2v) is 5.09. The molecule has 124 valence electrons. The van der Waals surface area contributed by atoms with Crippen LogP contribution in [0.15, 0.2) is 42.6 Å². The summed E-state index contributed by atoms with van der Waals surface area (Å²) in [5, 5.41) is 11.1. The summed E-state index contributed by atoms with van der Waals surface area (Å²) < 4.78 is 12.4. The number of pyridine rings is 1. The zero-order chi connectivity index (χ0) is 16.9. The van der Waals surface area contributed by atoms with Crippen molar-refractivity contribution in [3.63, 3.8) is 0 Å². The number of para-hydroxylation sites is 1. The number of methoxy groups -OCH3 is 2. The molecule has 0 bridgehead atoms. The van der Waals surface area contributed by atoms with Crippen molar-refractivity contribution in [2.75, 3.05) is 20.8 Å². The molecule has 0 spiro atoms. The van der Waals surface area contributed by atoms with Crippen molar-refractivity contribution in [3.05, 3.63) is 54.0 Å². The Hall–Kier alpha value is -3.09. The maximum Gasteiger partial charge on any atom is 0.255 e. The maximum atomic E-state index is 12.4. The zero-order valence-electron chi connectivity index (χ0n) is 13.5. The number of aromatic nitrogens is 3. The van der Waals surface area contributed by atoms with Crippen LogP contribution in [0, 0.1) is 0 Å². The Kier molecular flexibility index (Phi) is 4.60. The fourth-order valence-corrected chi connectivity index (χ4v) is 2.51. The number of amides is 1. The Labute approximate surface area is 139 Å². The Bertz CT molecular complexity index is 860. The van der Waals surface area contributed by atoms with Crippen molar-refractivity contribution in [2.45, 2.75) is 6.42 Å². The largest absolute Gasteiger partial charge is 0.493 e. The Balaban J connectivity index is 1.68. The van der Waals surface area contributed by atoms with Crippen LogP contribution in [0.4, 0.5) is 0 Å². The quantitative estimate of drug-likeness (QED) is 0.746. The van der Waals surface area contributed by atoms with Crippen LogP contribution < -0.4 is 14.8 Å². The van der Waals surface area contributed by atoms with Crippen LogP contribution in [0.1, 0.15) is 16.2 Å². The van der Waals surface area contributed by atoms with Gasteiger partial charge in [-0.1, -0.05) is 12.1 Å². The smallest absolute Gasteiger partial charge is 0.255 e. The van der Waals surface area contributed by atoms with Gasteiger partial charge in [-0.15, -0.1) is 10.2 Å². The second kappa shape index (κ2) is 6.99. The van der Waals surface area contributed by atoms with Gasteiger partial charge in [-0.3, -0.25) is 9.20 Å². The molecule has 24 heavy (non-hydrogen) atoms. The van der Waals surface area contributed by atoms with Gasteiger partial charge >= 0.3 is 0 Å². The van der Waals surface area contributed by atoms with Crippen LogP contribution in [0.5, 0.6) is 11.5 Å². The van der Waals surface area contributed by atoms with Crippen LogP contribution >= 0.6 is 0 Å². The summed E-state index contributed by atoms with van der Waals surface area (Å²) in [7, 11) is 3.05. The van der Waals surface area contributed by atoms with Crippen molar-refractivity contribution in [1.29, 1.82) is 0 Å². The molecule has 0 aliphatic heterocycles. The molecule has 3 aromatic rings. The first kappa shape index (κ1) is 15.8. The van der Waals surface area contributed by atoms with E-state index in [1.54, 1.807) is 18.2 Å². The second-order valence-electron chi connectivity index (χ2n) is 5.09. The molecule has 0 radical (unpaired) electrons. The molecule has 0 aliphatic rings. The van der Waals surface area contributed by atoms with Crippen molar-refractivity contribution in [2.24, 2.45) is 0 Å². The molecule has 0 fully saturated rings. The first-order chi connectivity index (χ1) is 11.7. The summed E-state index contributed by atoms with van der Waals surface area (Å²) in [5.41, 5.74) is 1.22. The van der Waals surface area contributed by atoms with Gasteiger partial charge < -0.3 is 14.8 Å². The normalized spacial score (nSPS) is 10.6. The highest BCUT2D eigenvalue weighted by Crippen LogP contribution is 2.30. The molecule has 7 heteroatoms. The van der Waals surface area contributed by atoms with E-state index in [0.29, 0.717) is 30.0 Å². The number of carbonyl (C=O) groups excluding carboxylic acids is 1. The highest BCUT2D eigenvalue weighted by Gasteiger charge is 2.16. The average molecular weight is 326 g/mol. The van der Waals surface area contributed by atoms with E-state index in [1.807, 2.05) is 28.8 Å². The number of benzene rings is 1. The van der Waals surface area contributed by atoms with Crippen LogP contribution in [0.2, 0.25) is 0 Å². The Morgan fingerprint density at radius 3 is 2.79 bits per heavy atom. The molecule has 0 atom stereocenters. The number of ether oxygens (including phenoxy) is 2. The van der Waals surface area contributed by atoms with Crippen molar-refractivity contribution in [1.82, 2.24) is 19.9 Å². The van der Waals surface area contributed by atoms with Gasteiger partial charge in [-0.05, 0) is 24.3 Å². The minimum absolute atomic E-state index is 0.223. The lowest BCUT2D eigenvalue weighted by Crippen LogP contribution is -2.26. The topological polar surface area (TPSA) is 77.8 Å². The fourth-order valence-electron chi connectivity index (χ4n) is 2.51. The average Bonchev–Trinajstić information content (AvgIpc) is 3.04. The van der Waals surface area contributed by atoms with E-state index in [4.69, 9.17) is 9.47 Å². The number of carbonyl (C=O) groups is 1. The first-order valence-corrected chi connectivity index (χ1v) is 7.52. The predicted molar refractivity (Wildman–Crippen MR) is 88.6 cm³/mol. The monoisotopic (exact) mass is 326 g/mol. The first-order valence-electron chi connectivity index (χ1n) is 7.52. The van der Waals surface area contributed by atoms with E-state index < -0.39 is 0 Å². The minimum Gasteiger partial charge on any atom is -0.493 e. The molecule has 1 aromatic carbocycles. The van der Waals surface area contributed by atoms with Crippen molar-refractivity contribution >= 4 is 11.6 Å². The molecule has 2 aromatic heterocycles. The molecule has 1 N–H and O–H groups in total. The molecule has 1 amide bonds. The van der Waals surface area contributed by atoms with Crippen LogP contribution in [0.3, 0.4) is 0 Å². The molecule has 2 heterocycles. The van der Waals surface area contributed by atoms with Gasteiger partial charge in [0.05, 0.1) is 19.8 Å². The highest BCUT2D eigenvalue weighted by molar-refractivity contribution is 5.97. The van der Waals surface area contributed by atoms with Gasteiger partial charge in [-0.25, -0.2) is 0 Å². The van der Waals surface area contributed by atoms with E-state index in [-0.39, 0.29) is 5.91 Å². The summed E-state index contributed by atoms with van der Waals surface area (Å²) in [4.78, 5) is 12.4. The molecular weight excluding hydrogens is 308 g/mol. The number of nitrogens with one attached hydrogen (secondary N) is 1. The number of rotatable bonds is 6. The third kappa shape index (κ3) is 3.01. The SMILES string of the molecule is COc1cccc(C(=O)NCCc2nnc3ccccn23)c1OC. The summed E-state index contributed by atoms with van der Waals surface area (Å²) in [6.45, 7) is 0.439. The van der Waals surface area contributed by atoms with Crippen LogP contribution in [-0.2, 0) is 6.42 Å². The van der Waals surface area contributed by atoms with Gasteiger partial charge in [0.2, 0.25) is 0 Å². The van der Waals surface area contributed by atoms with E-state index in [9.17, 15) is 4.79 Å². The summed E-state index contributed by atoms with van der Waals surface area (Å²) in [6, 6.07) is 10.9. The van der Waals surface area contributed by atoms with E-state index in [0.717, 1.165) is 11.5 Å². The minimum atomic E-state index is -0.223. The third-order valence-electron chi connectivity index (χ3n) is 3.67. The van der Waals surface area contributed by atoms with Crippen LogP contribution in [0.25, 0.3) is 5.65 Å². The Morgan fingerprint density at radius 2 is 2.00 bits per heavy atom. The summed E-state index contributed by atoms with van der Waals surface area (Å²) in [6.07, 6.45) is 2.47. The number of fused-ring (bicyclic) bond motifs is 1. The lowest BCUT2D eigenvalue weighted by Gasteiger charge is -2.12. The van der Waals surface area contributed by atoms with Crippen LogP contribution in [-0.4, -0.2) is 41.3 Å². The third-order valence-corrected chi connectivity index (χ3v) is 3.67. The molecule has 0 saturated carbocycles. The van der Waals surface area contributed by atoms with Gasteiger partial charge in [0, 0.05) is 19.2 Å². The van der Waals surface area contributed by atoms with Gasteiger partial charge in [0.25, 0.3) is 5.91 Å². The Morgan fingerprint density at radius 1 is 1.12 bits per heavy atom. The lowest BCUT2D eigenvalue weighted by molar-refractivity contribution is 0.0950. The summed E-state index contributed by atoms with van der Waals surface area (Å²) in [5.74, 6) is 1.52. The highest BCUT2D eigenvalue weighted by atomic mass is 16.5. The molecule has 0 aliphatic carbocycles.